The van der Waals surface area contributed by atoms with Gasteiger partial charge in [0.2, 0.25) is 11.8 Å². The molecule has 0 heterocycles. The van der Waals surface area contributed by atoms with Crippen molar-refractivity contribution in [1.29, 1.82) is 0 Å². The van der Waals surface area contributed by atoms with Gasteiger partial charge in [-0.3, -0.25) is 24.4 Å². The number of aliphatic hydroxyl groups excluding tert-OH is 2. The maximum absolute atomic E-state index is 13.3. The molecule has 60 heavy (non-hydrogen) atoms. The van der Waals surface area contributed by atoms with Crippen molar-refractivity contribution in [2.45, 2.75) is 84.3 Å². The van der Waals surface area contributed by atoms with Crippen molar-refractivity contribution >= 4 is 47.0 Å². The summed E-state index contributed by atoms with van der Waals surface area (Å²) in [7, 11) is 0. The lowest BCUT2D eigenvalue weighted by Crippen LogP contribution is -3.00. The highest BCUT2D eigenvalue weighted by atomic mass is 35.5. The first-order chi connectivity index (χ1) is 27.7. The molecule has 15 N–H and O–H groups in total. The van der Waals surface area contributed by atoms with Crippen LogP contribution in [0.5, 0.6) is 0 Å². The molecular weight excluding hydrogens is 815 g/mol. The quantitative estimate of drug-likeness (QED) is 0.0269. The van der Waals surface area contributed by atoms with Gasteiger partial charge in [-0.25, -0.2) is 4.79 Å². The normalized spacial score (nSPS) is 11.7. The van der Waals surface area contributed by atoms with E-state index < -0.39 is 24.1 Å². The summed E-state index contributed by atoms with van der Waals surface area (Å²) >= 11 is 0. The van der Waals surface area contributed by atoms with E-state index in [0.717, 1.165) is 11.1 Å². The fraction of sp³-hybridized carbons (Fsp3) is 0.415. The third-order valence-corrected chi connectivity index (χ3v) is 8.54. The molecule has 3 aromatic rings. The number of hydrogen-bond donors (Lipinski definition) is 10. The number of aliphatic imine (C=N–C) groups is 2. The summed E-state index contributed by atoms with van der Waals surface area (Å²) < 4.78 is 5.30. The number of ether oxygens (including phenoxy) is 1. The zero-order valence-corrected chi connectivity index (χ0v) is 35.6. The van der Waals surface area contributed by atoms with Crippen LogP contribution in [0.3, 0.4) is 0 Å². The lowest BCUT2D eigenvalue weighted by Gasteiger charge is -2.22. The van der Waals surface area contributed by atoms with E-state index in [1.807, 2.05) is 44.2 Å². The highest BCUT2D eigenvalue weighted by molar-refractivity contribution is 5.97. The molecule has 0 bridgehead atoms. The van der Waals surface area contributed by atoms with Crippen molar-refractivity contribution in [3.63, 3.8) is 0 Å². The van der Waals surface area contributed by atoms with Gasteiger partial charge in [0.05, 0.1) is 25.3 Å². The molecule has 0 aromatic heterocycles. The summed E-state index contributed by atoms with van der Waals surface area (Å²) in [5.74, 6) is -1.38. The third-order valence-electron chi connectivity index (χ3n) is 8.54. The van der Waals surface area contributed by atoms with E-state index in [1.165, 1.54) is 0 Å². The number of nitrogens with zero attached hydrogens (tertiary/aromatic N) is 2. The zero-order chi connectivity index (χ0) is 42.9. The summed E-state index contributed by atoms with van der Waals surface area (Å²) in [5.41, 5.74) is 30.5. The molecule has 17 nitrogen and oxygen atoms in total. The summed E-state index contributed by atoms with van der Waals surface area (Å²) in [5, 5.41) is 26.4. The topological polar surface area (TPSA) is 309 Å². The lowest BCUT2D eigenvalue weighted by molar-refractivity contribution is -0.127. The largest absolute Gasteiger partial charge is 1.00 e. The van der Waals surface area contributed by atoms with Crippen LogP contribution in [-0.4, -0.2) is 71.0 Å². The number of amides is 3. The number of alkyl carbamates (subject to hydrolysis) is 1. The van der Waals surface area contributed by atoms with Crippen LogP contribution in [0.25, 0.3) is 0 Å². The first-order valence-corrected chi connectivity index (χ1v) is 19.1. The highest BCUT2D eigenvalue weighted by Crippen LogP contribution is 2.20. The molecule has 3 aromatic carbocycles. The monoisotopic (exact) mass is 874 g/mol. The Kier molecular flexibility index (Phi) is 27.8. The maximum Gasteiger partial charge on any atom is 0.408 e. The minimum atomic E-state index is -0.796. The van der Waals surface area contributed by atoms with Gasteiger partial charge in [-0.15, -0.1) is 0 Å². The summed E-state index contributed by atoms with van der Waals surface area (Å²) in [6.45, 7) is 4.63. The number of aliphatic hydroxyl groups is 2. The van der Waals surface area contributed by atoms with Crippen LogP contribution in [0.2, 0.25) is 0 Å². The molecule has 332 valence electrons. The number of hydrogen-bond acceptors (Lipinski definition) is 10. The number of nitrogens with one attached hydrogen (secondary N) is 3. The summed E-state index contributed by atoms with van der Waals surface area (Å²) in [6, 6.07) is 21.5. The molecule has 0 aliphatic carbocycles. The summed E-state index contributed by atoms with van der Waals surface area (Å²) in [4.78, 5) is 58.6. The standard InChI is InChI=1S/C28H39N5O5.C13H21N5O2.2ClH/c1-19(2)15-24(33-28(37)38-18-21-7-4-3-5-8-21)25(35)16-22(9-6-14-31-27(29)30)26(36)32-23-12-10-20(17-34)11-13-23;14-11(2-1-7-17-13(15)16)12(20)18-10-5-3-9(8-19)4-6-10;;/h3-5,7-8,10-13,19,22,24,34H,6,9,14-18H2,1-2H3,(H,32,36)(H,33,37)(H4,29,30,31);3-6,11,19H,1-2,7-8,14H2,(H,18,20)(H4,15,16,17);2*1H/p-2/t22-,24+;11-;;/m10../s1. The van der Waals surface area contributed by atoms with Crippen LogP contribution < -0.4 is 69.4 Å². The second-order valence-electron chi connectivity index (χ2n) is 13.9. The zero-order valence-electron chi connectivity index (χ0n) is 34.1. The van der Waals surface area contributed by atoms with E-state index in [9.17, 15) is 24.3 Å². The first kappa shape index (κ1) is 54.5. The van der Waals surface area contributed by atoms with Gasteiger partial charge in [0.15, 0.2) is 17.7 Å². The van der Waals surface area contributed by atoms with Crippen LogP contribution in [0.15, 0.2) is 88.8 Å². The van der Waals surface area contributed by atoms with E-state index in [2.05, 4.69) is 25.9 Å². The van der Waals surface area contributed by atoms with Crippen molar-refractivity contribution in [2.24, 2.45) is 50.5 Å². The maximum atomic E-state index is 13.3. The predicted octanol–water partition coefficient (Wildman–Crippen LogP) is -3.41. The van der Waals surface area contributed by atoms with E-state index in [1.54, 1.807) is 48.5 Å². The Morgan fingerprint density at radius 1 is 0.683 bits per heavy atom. The van der Waals surface area contributed by atoms with Gasteiger partial charge in [-0.2, -0.15) is 0 Å². The van der Waals surface area contributed by atoms with Crippen LogP contribution in [0.4, 0.5) is 16.2 Å². The molecule has 0 aliphatic rings. The highest BCUT2D eigenvalue weighted by Gasteiger charge is 2.28. The molecule has 19 heteroatoms. The molecule has 3 rings (SSSR count). The van der Waals surface area contributed by atoms with Gasteiger partial charge in [-0.1, -0.05) is 68.4 Å². The Morgan fingerprint density at radius 2 is 1.17 bits per heavy atom. The number of anilines is 2. The minimum Gasteiger partial charge on any atom is -1.00 e. The molecule has 3 atom stereocenters. The fourth-order valence-electron chi connectivity index (χ4n) is 5.42. The van der Waals surface area contributed by atoms with E-state index in [0.29, 0.717) is 62.1 Å². The number of carbonyl (C=O) groups is 4. The molecule has 0 saturated carbocycles. The second kappa shape index (κ2) is 30.6. The Labute approximate surface area is 364 Å². The number of guanidine groups is 2. The molecular formula is C41H60Cl2N10O7-2. The van der Waals surface area contributed by atoms with Crippen molar-refractivity contribution < 1.29 is 58.9 Å². The SMILES string of the molecule is CC(C)C[C@H](NC(=O)OCc1ccccc1)C(=O)C[C@@H](CCCN=C(N)N)C(=O)Nc1ccc(CO)cc1.NC(N)=NCCC[C@H](N)C(=O)Nc1ccc(CO)cc1.[Cl-].[Cl-]. The van der Waals surface area contributed by atoms with Crippen LogP contribution >= 0.6 is 0 Å². The van der Waals surface area contributed by atoms with Gasteiger partial charge in [-0.05, 0) is 79.0 Å². The van der Waals surface area contributed by atoms with Crippen molar-refractivity contribution in [1.82, 2.24) is 5.32 Å². The van der Waals surface area contributed by atoms with E-state index >= 15 is 0 Å². The Balaban J connectivity index is 0.00000134. The average Bonchev–Trinajstić information content (AvgIpc) is 3.20. The third kappa shape index (κ3) is 23.2. The van der Waals surface area contributed by atoms with Gasteiger partial charge < -0.3 is 84.4 Å². The van der Waals surface area contributed by atoms with Gasteiger partial charge in [0.1, 0.15) is 6.61 Å². The number of benzene rings is 3. The predicted molar refractivity (Wildman–Crippen MR) is 226 cm³/mol. The van der Waals surface area contributed by atoms with Gasteiger partial charge in [0, 0.05) is 36.8 Å². The molecule has 0 spiro atoms. The number of carbonyl (C=O) groups excluding carboxylic acids is 4. The molecule has 0 aliphatic heterocycles. The van der Waals surface area contributed by atoms with Crippen LogP contribution in [-0.2, 0) is 38.9 Å². The number of Topliss-reactive ketones (excluding diaryl/α,β-unsaturated/α-hetero) is 1. The Bertz CT molecular complexity index is 1760. The smallest absolute Gasteiger partial charge is 0.408 e. The number of halogens is 2. The van der Waals surface area contributed by atoms with Crippen molar-refractivity contribution in [3.8, 4) is 0 Å². The molecule has 3 amide bonds. The minimum absolute atomic E-state index is 0. The summed E-state index contributed by atoms with van der Waals surface area (Å²) in [6.07, 6.45) is 1.64. The molecule has 0 radical (unpaired) electrons. The first-order valence-electron chi connectivity index (χ1n) is 19.1. The van der Waals surface area contributed by atoms with Crippen molar-refractivity contribution in [2.75, 3.05) is 23.7 Å². The lowest BCUT2D eigenvalue weighted by atomic mass is 9.90. The van der Waals surface area contributed by atoms with Crippen LogP contribution in [0, 0.1) is 11.8 Å². The number of ketones is 1. The molecule has 0 saturated heterocycles. The Hall–Kier alpha value is -5.46. The van der Waals surface area contributed by atoms with Crippen LogP contribution in [0.1, 0.15) is 69.1 Å². The average molecular weight is 876 g/mol. The second-order valence-corrected chi connectivity index (χ2v) is 13.9. The molecule has 0 fully saturated rings. The van der Waals surface area contributed by atoms with Crippen molar-refractivity contribution in [3.05, 3.63) is 95.6 Å². The van der Waals surface area contributed by atoms with E-state index in [-0.39, 0.29) is 86.5 Å². The molecule has 0 unspecified atom stereocenters. The van der Waals surface area contributed by atoms with Gasteiger partial charge >= 0.3 is 6.09 Å². The number of nitrogens with two attached hydrogens (primary N) is 5. The van der Waals surface area contributed by atoms with E-state index in [4.69, 9.17) is 38.5 Å². The number of rotatable bonds is 22. The Morgan fingerprint density at radius 3 is 1.63 bits per heavy atom. The fourth-order valence-corrected chi connectivity index (χ4v) is 5.42. The van der Waals surface area contributed by atoms with Gasteiger partial charge in [0.25, 0.3) is 0 Å².